The van der Waals surface area contributed by atoms with Crippen LogP contribution in [-0.2, 0) is 0 Å². The van der Waals surface area contributed by atoms with Gasteiger partial charge in [-0.25, -0.2) is 0 Å². The zero-order valence-corrected chi connectivity index (χ0v) is 14.3. The number of benzene rings is 1. The maximum Gasteiger partial charge on any atom is 0.0792 e. The molecule has 5 heteroatoms. The molecule has 120 valence electrons. The molecule has 0 amide bonds. The second-order valence-corrected chi connectivity index (χ2v) is 6.75. The van der Waals surface area contributed by atoms with Crippen molar-refractivity contribution >= 4 is 11.4 Å². The van der Waals surface area contributed by atoms with E-state index in [1.807, 2.05) is 12.1 Å². The first-order valence-corrected chi connectivity index (χ1v) is 7.58. The Bertz CT molecular complexity index is 423. The maximum absolute atomic E-state index is 6.06. The third-order valence-electron chi connectivity index (χ3n) is 3.95. The van der Waals surface area contributed by atoms with E-state index in [9.17, 15) is 0 Å². The van der Waals surface area contributed by atoms with Crippen molar-refractivity contribution in [3.8, 4) is 0 Å². The third kappa shape index (κ3) is 5.73. The topological polar surface area (TPSA) is 32.5 Å². The number of hydrogen-bond donors (Lipinski definition) is 1. The molecule has 0 bridgehead atoms. The molecule has 0 atom stereocenters. The molecular weight excluding hydrogens is 284 g/mol. The summed E-state index contributed by atoms with van der Waals surface area (Å²) in [6.07, 6.45) is 1.27. The smallest absolute Gasteiger partial charge is 0.0792 e. The Morgan fingerprint density at radius 1 is 1.05 bits per heavy atom. The average Bonchev–Trinajstić information content (AvgIpc) is 2.39. The minimum absolute atomic E-state index is 0. The summed E-state index contributed by atoms with van der Waals surface area (Å²) < 4.78 is 1.06. The normalized spacial score (nSPS) is 16.6. The largest absolute Gasteiger partial charge is 1.00 e. The highest BCUT2D eigenvalue weighted by molar-refractivity contribution is 5.67. The molecule has 2 N–H and O–H groups in total. The number of anilines is 2. The molecule has 4 nitrogen and oxygen atoms in total. The van der Waals surface area contributed by atoms with Gasteiger partial charge in [-0.05, 0) is 12.1 Å². The van der Waals surface area contributed by atoms with E-state index in [1.165, 1.54) is 25.2 Å². The van der Waals surface area contributed by atoms with Gasteiger partial charge in [-0.3, -0.25) is 4.90 Å². The molecule has 0 unspecified atom stereocenters. The van der Waals surface area contributed by atoms with Gasteiger partial charge >= 0.3 is 0 Å². The standard InChI is InChI=1S/C16H29N4.ClH/c1-20(2,3)14-6-9-18-10-12-19(13-11-18)16-8-5-4-7-15(16)17;/h4-5,7-8H,6,9-14,17H2,1-3H3;1H/q+1;/p-1. The van der Waals surface area contributed by atoms with Crippen LogP contribution in [0.5, 0.6) is 0 Å². The van der Waals surface area contributed by atoms with Gasteiger partial charge in [0.05, 0.1) is 39.1 Å². The third-order valence-corrected chi connectivity index (χ3v) is 3.95. The molecule has 1 aromatic rings. The van der Waals surface area contributed by atoms with Gasteiger partial charge < -0.3 is 27.5 Å². The van der Waals surface area contributed by atoms with Gasteiger partial charge in [0.25, 0.3) is 0 Å². The predicted octanol–water partition coefficient (Wildman–Crippen LogP) is -1.51. The van der Waals surface area contributed by atoms with Gasteiger partial charge in [0, 0.05) is 39.1 Å². The van der Waals surface area contributed by atoms with Crippen LogP contribution in [0.25, 0.3) is 0 Å². The molecule has 2 rings (SSSR count). The van der Waals surface area contributed by atoms with Crippen LogP contribution in [0.3, 0.4) is 0 Å². The van der Waals surface area contributed by atoms with Crippen LogP contribution < -0.4 is 23.0 Å². The number of nitrogen functional groups attached to an aromatic ring is 1. The van der Waals surface area contributed by atoms with Crippen molar-refractivity contribution in [2.45, 2.75) is 6.42 Å². The monoisotopic (exact) mass is 312 g/mol. The average molecular weight is 313 g/mol. The van der Waals surface area contributed by atoms with E-state index >= 15 is 0 Å². The molecule has 1 saturated heterocycles. The molecule has 1 aromatic carbocycles. The molecule has 0 aromatic heterocycles. The lowest BCUT2D eigenvalue weighted by Gasteiger charge is -2.37. The fourth-order valence-corrected chi connectivity index (χ4v) is 2.76. The van der Waals surface area contributed by atoms with Gasteiger partial charge in [-0.2, -0.15) is 0 Å². The lowest BCUT2D eigenvalue weighted by atomic mass is 10.2. The van der Waals surface area contributed by atoms with Crippen molar-refractivity contribution in [3.05, 3.63) is 24.3 Å². The highest BCUT2D eigenvalue weighted by Crippen LogP contribution is 2.23. The number of halogens is 1. The van der Waals surface area contributed by atoms with E-state index in [0.717, 1.165) is 36.3 Å². The van der Waals surface area contributed by atoms with Crippen LogP contribution in [0.1, 0.15) is 6.42 Å². The molecule has 1 aliphatic heterocycles. The Balaban J connectivity index is 0.00000220. The summed E-state index contributed by atoms with van der Waals surface area (Å²) in [5, 5.41) is 0. The molecule has 0 saturated carbocycles. The number of para-hydroxylation sites is 2. The van der Waals surface area contributed by atoms with E-state index in [0.29, 0.717) is 0 Å². The summed E-state index contributed by atoms with van der Waals surface area (Å²) in [5.41, 5.74) is 8.14. The van der Waals surface area contributed by atoms with Gasteiger partial charge in [-0.1, -0.05) is 12.1 Å². The summed E-state index contributed by atoms with van der Waals surface area (Å²) in [7, 11) is 6.78. The Hall–Kier alpha value is -0.970. The zero-order valence-electron chi connectivity index (χ0n) is 13.6. The number of nitrogens with two attached hydrogens (primary N) is 1. The van der Waals surface area contributed by atoms with Crippen molar-refractivity contribution in [1.29, 1.82) is 0 Å². The fourth-order valence-electron chi connectivity index (χ4n) is 2.76. The van der Waals surface area contributed by atoms with E-state index in [1.54, 1.807) is 0 Å². The highest BCUT2D eigenvalue weighted by atomic mass is 35.5. The van der Waals surface area contributed by atoms with Crippen LogP contribution in [0.2, 0.25) is 0 Å². The van der Waals surface area contributed by atoms with Crippen molar-refractivity contribution in [2.24, 2.45) is 0 Å². The molecule has 0 spiro atoms. The molecule has 0 radical (unpaired) electrons. The first kappa shape index (κ1) is 18.1. The quantitative estimate of drug-likeness (QED) is 0.530. The van der Waals surface area contributed by atoms with Crippen molar-refractivity contribution in [1.82, 2.24) is 4.90 Å². The maximum atomic E-state index is 6.06. The number of quaternary nitrogens is 1. The lowest BCUT2D eigenvalue weighted by molar-refractivity contribution is -0.870. The van der Waals surface area contributed by atoms with Crippen LogP contribution in [0.15, 0.2) is 24.3 Å². The molecule has 1 fully saturated rings. The van der Waals surface area contributed by atoms with E-state index < -0.39 is 0 Å². The number of rotatable bonds is 5. The predicted molar refractivity (Wildman–Crippen MR) is 87.0 cm³/mol. The van der Waals surface area contributed by atoms with Crippen LogP contribution in [0, 0.1) is 0 Å². The summed E-state index contributed by atoms with van der Waals surface area (Å²) in [6.45, 7) is 6.91. The minimum atomic E-state index is 0. The molecule has 1 aliphatic rings. The highest BCUT2D eigenvalue weighted by Gasteiger charge is 2.18. The fraction of sp³-hybridized carbons (Fsp3) is 0.625. The lowest BCUT2D eigenvalue weighted by Crippen LogP contribution is -3.00. The molecule has 21 heavy (non-hydrogen) atoms. The molecular formula is C16H29ClN4. The minimum Gasteiger partial charge on any atom is -1.00 e. The van der Waals surface area contributed by atoms with Crippen LogP contribution in [0.4, 0.5) is 11.4 Å². The Morgan fingerprint density at radius 3 is 2.24 bits per heavy atom. The molecule has 0 aliphatic carbocycles. The van der Waals surface area contributed by atoms with Gasteiger partial charge in [0.15, 0.2) is 0 Å². The van der Waals surface area contributed by atoms with Gasteiger partial charge in [-0.15, -0.1) is 0 Å². The van der Waals surface area contributed by atoms with Crippen molar-refractivity contribution in [2.75, 3.05) is 71.0 Å². The number of piperazine rings is 1. The summed E-state index contributed by atoms with van der Waals surface area (Å²) in [5.74, 6) is 0. The first-order chi connectivity index (χ1) is 9.46. The number of hydrogen-bond acceptors (Lipinski definition) is 3. The summed E-state index contributed by atoms with van der Waals surface area (Å²) in [6, 6.07) is 8.18. The van der Waals surface area contributed by atoms with E-state index in [4.69, 9.17) is 5.73 Å². The zero-order chi connectivity index (χ0) is 14.6. The second-order valence-electron chi connectivity index (χ2n) is 6.75. The van der Waals surface area contributed by atoms with Crippen LogP contribution >= 0.6 is 0 Å². The SMILES string of the molecule is C[N+](C)(C)CCCN1CCN(c2ccccc2N)CC1.[Cl-]. The van der Waals surface area contributed by atoms with Crippen LogP contribution in [-0.4, -0.2) is 69.8 Å². The summed E-state index contributed by atoms with van der Waals surface area (Å²) >= 11 is 0. The summed E-state index contributed by atoms with van der Waals surface area (Å²) in [4.78, 5) is 4.98. The van der Waals surface area contributed by atoms with Gasteiger partial charge in [0.2, 0.25) is 0 Å². The Labute approximate surface area is 135 Å². The van der Waals surface area contributed by atoms with Gasteiger partial charge in [0.1, 0.15) is 0 Å². The number of nitrogens with zero attached hydrogens (tertiary/aromatic N) is 3. The van der Waals surface area contributed by atoms with E-state index in [2.05, 4.69) is 43.1 Å². The Kier molecular flexibility index (Phi) is 6.78. The van der Waals surface area contributed by atoms with E-state index in [-0.39, 0.29) is 12.4 Å². The molecule has 1 heterocycles. The van der Waals surface area contributed by atoms with Crippen molar-refractivity contribution < 1.29 is 16.9 Å². The second kappa shape index (κ2) is 7.87. The Morgan fingerprint density at radius 2 is 1.67 bits per heavy atom. The first-order valence-electron chi connectivity index (χ1n) is 7.58. The van der Waals surface area contributed by atoms with Crippen molar-refractivity contribution in [3.63, 3.8) is 0 Å².